The molecule has 1 aromatic rings. The summed E-state index contributed by atoms with van der Waals surface area (Å²) in [5.41, 5.74) is 1.27. The summed E-state index contributed by atoms with van der Waals surface area (Å²) >= 11 is 0. The first-order chi connectivity index (χ1) is 6.87. The molecule has 15 heavy (non-hydrogen) atoms. The van der Waals surface area contributed by atoms with E-state index in [0.717, 1.165) is 12.0 Å². The van der Waals surface area contributed by atoms with Gasteiger partial charge in [0.1, 0.15) is 5.75 Å². The highest BCUT2D eigenvalue weighted by molar-refractivity contribution is 5.24. The zero-order valence-corrected chi connectivity index (χ0v) is 9.75. The van der Waals surface area contributed by atoms with Crippen molar-refractivity contribution in [3.63, 3.8) is 0 Å². The molecule has 0 aliphatic rings. The van der Waals surface area contributed by atoms with Gasteiger partial charge in [-0.3, -0.25) is 4.98 Å². The molecule has 0 saturated carbocycles. The van der Waals surface area contributed by atoms with Crippen LogP contribution in [0.4, 0.5) is 4.39 Å². The van der Waals surface area contributed by atoms with Gasteiger partial charge in [0.05, 0.1) is 6.20 Å². The summed E-state index contributed by atoms with van der Waals surface area (Å²) in [5.74, 6) is 0.492. The fourth-order valence-electron chi connectivity index (χ4n) is 1.42. The van der Waals surface area contributed by atoms with Gasteiger partial charge in [-0.15, -0.1) is 0 Å². The third-order valence-corrected chi connectivity index (χ3v) is 1.80. The van der Waals surface area contributed by atoms with Gasteiger partial charge in [0.2, 0.25) is 6.36 Å². The molecule has 0 radical (unpaired) electrons. The van der Waals surface area contributed by atoms with E-state index in [0.29, 0.717) is 5.75 Å². The van der Waals surface area contributed by atoms with Gasteiger partial charge in [0, 0.05) is 13.1 Å². The lowest BCUT2D eigenvalue weighted by molar-refractivity contribution is 0.0855. The molecule has 1 atom stereocenters. The molecule has 0 aliphatic heterocycles. The highest BCUT2D eigenvalue weighted by atomic mass is 19.1. The molecule has 0 spiro atoms. The van der Waals surface area contributed by atoms with Crippen molar-refractivity contribution in [3.05, 3.63) is 24.0 Å². The number of hydrogen-bond donors (Lipinski definition) is 0. The second-order valence-electron chi connectivity index (χ2n) is 4.93. The lowest BCUT2D eigenvalue weighted by atomic mass is 9.89. The zero-order valence-electron chi connectivity index (χ0n) is 9.75. The van der Waals surface area contributed by atoms with Crippen LogP contribution in [0.2, 0.25) is 0 Å². The zero-order chi connectivity index (χ0) is 11.5. The second-order valence-corrected chi connectivity index (χ2v) is 4.93. The van der Waals surface area contributed by atoms with Crippen molar-refractivity contribution >= 4 is 0 Å². The van der Waals surface area contributed by atoms with Gasteiger partial charge in [-0.2, -0.15) is 0 Å². The Kier molecular flexibility index (Phi) is 3.66. The first-order valence-corrected chi connectivity index (χ1v) is 5.11. The van der Waals surface area contributed by atoms with Gasteiger partial charge < -0.3 is 4.74 Å². The summed E-state index contributed by atoms with van der Waals surface area (Å²) in [5, 5.41) is 0. The van der Waals surface area contributed by atoms with Crippen LogP contribution < -0.4 is 4.74 Å². The van der Waals surface area contributed by atoms with E-state index >= 15 is 0 Å². The van der Waals surface area contributed by atoms with E-state index in [9.17, 15) is 4.39 Å². The molecule has 0 amide bonds. The molecular weight excluding hydrogens is 193 g/mol. The maximum absolute atomic E-state index is 12.6. The Morgan fingerprint density at radius 3 is 2.60 bits per heavy atom. The Balaban J connectivity index is 2.74. The van der Waals surface area contributed by atoms with E-state index in [2.05, 4.69) is 25.8 Å². The second kappa shape index (κ2) is 4.60. The number of alkyl halides is 1. The molecule has 1 unspecified atom stereocenters. The van der Waals surface area contributed by atoms with Crippen molar-refractivity contribution in [2.24, 2.45) is 5.41 Å². The largest absolute Gasteiger partial charge is 0.459 e. The Morgan fingerprint density at radius 2 is 2.07 bits per heavy atom. The number of pyridine rings is 1. The van der Waals surface area contributed by atoms with E-state index < -0.39 is 6.36 Å². The molecule has 1 rings (SSSR count). The minimum Gasteiger partial charge on any atom is -0.459 e. The molecule has 3 heteroatoms. The van der Waals surface area contributed by atoms with Gasteiger partial charge >= 0.3 is 0 Å². The number of halogens is 1. The molecule has 1 heterocycles. The first kappa shape index (κ1) is 12.0. The Labute approximate surface area is 90.5 Å². The van der Waals surface area contributed by atoms with Crippen LogP contribution in [-0.2, 0) is 6.42 Å². The van der Waals surface area contributed by atoms with Crippen LogP contribution in [0.15, 0.2) is 18.5 Å². The lowest BCUT2D eigenvalue weighted by Gasteiger charge is -2.18. The summed E-state index contributed by atoms with van der Waals surface area (Å²) in [6, 6.07) is 1.84. The van der Waals surface area contributed by atoms with E-state index in [4.69, 9.17) is 4.74 Å². The normalized spacial score (nSPS) is 13.7. The van der Waals surface area contributed by atoms with E-state index in [1.54, 1.807) is 6.20 Å². The number of nitrogens with zero attached hydrogens (tertiary/aromatic N) is 1. The molecule has 0 fully saturated rings. The fraction of sp³-hybridized carbons (Fsp3) is 0.583. The number of hydrogen-bond acceptors (Lipinski definition) is 2. The first-order valence-electron chi connectivity index (χ1n) is 5.11. The van der Waals surface area contributed by atoms with E-state index in [1.807, 2.05) is 6.07 Å². The lowest BCUT2D eigenvalue weighted by Crippen LogP contribution is -2.10. The van der Waals surface area contributed by atoms with Gasteiger partial charge in [0.15, 0.2) is 0 Å². The van der Waals surface area contributed by atoms with Gasteiger partial charge in [-0.1, -0.05) is 20.8 Å². The van der Waals surface area contributed by atoms with Crippen LogP contribution in [0.1, 0.15) is 33.3 Å². The molecule has 0 aromatic carbocycles. The van der Waals surface area contributed by atoms with Crippen molar-refractivity contribution in [2.75, 3.05) is 0 Å². The minimum absolute atomic E-state index is 0.196. The van der Waals surface area contributed by atoms with Crippen molar-refractivity contribution in [1.82, 2.24) is 4.98 Å². The van der Waals surface area contributed by atoms with E-state index in [1.165, 1.54) is 13.1 Å². The van der Waals surface area contributed by atoms with Gasteiger partial charge in [-0.25, -0.2) is 4.39 Å². The van der Waals surface area contributed by atoms with Crippen LogP contribution in [0.5, 0.6) is 5.75 Å². The predicted octanol–water partition coefficient (Wildman–Crippen LogP) is 3.36. The standard InChI is InChI=1S/C12H18FNO/c1-9(13)15-11-5-10(7-14-8-11)6-12(2,3)4/h5,7-9H,6H2,1-4H3. The van der Waals surface area contributed by atoms with Crippen molar-refractivity contribution in [3.8, 4) is 5.75 Å². The Bertz CT molecular complexity index is 318. The summed E-state index contributed by atoms with van der Waals surface area (Å²) in [6.07, 6.45) is 2.93. The molecule has 0 N–H and O–H groups in total. The number of ether oxygens (including phenoxy) is 1. The summed E-state index contributed by atoms with van der Waals surface area (Å²) in [6.45, 7) is 7.81. The van der Waals surface area contributed by atoms with Crippen LogP contribution in [0.25, 0.3) is 0 Å². The van der Waals surface area contributed by atoms with Crippen molar-refractivity contribution in [1.29, 1.82) is 0 Å². The fourth-order valence-corrected chi connectivity index (χ4v) is 1.42. The summed E-state index contributed by atoms with van der Waals surface area (Å²) < 4.78 is 17.5. The molecular formula is C12H18FNO. The highest BCUT2D eigenvalue weighted by Gasteiger charge is 2.12. The Morgan fingerprint density at radius 1 is 1.40 bits per heavy atom. The highest BCUT2D eigenvalue weighted by Crippen LogP contribution is 2.22. The average Bonchev–Trinajstić information content (AvgIpc) is 1.99. The third-order valence-electron chi connectivity index (χ3n) is 1.80. The minimum atomic E-state index is -1.29. The average molecular weight is 211 g/mol. The SMILES string of the molecule is CC(F)Oc1cncc(CC(C)(C)C)c1. The van der Waals surface area contributed by atoms with Crippen molar-refractivity contribution in [2.45, 2.75) is 40.5 Å². The van der Waals surface area contributed by atoms with Crippen LogP contribution >= 0.6 is 0 Å². The van der Waals surface area contributed by atoms with Crippen LogP contribution in [-0.4, -0.2) is 11.3 Å². The maximum atomic E-state index is 12.6. The summed E-state index contributed by atoms with van der Waals surface area (Å²) in [7, 11) is 0. The topological polar surface area (TPSA) is 22.1 Å². The number of rotatable bonds is 3. The monoisotopic (exact) mass is 211 g/mol. The van der Waals surface area contributed by atoms with Crippen LogP contribution in [0.3, 0.4) is 0 Å². The number of aromatic nitrogens is 1. The molecule has 2 nitrogen and oxygen atoms in total. The maximum Gasteiger partial charge on any atom is 0.235 e. The molecule has 0 saturated heterocycles. The van der Waals surface area contributed by atoms with Gasteiger partial charge in [-0.05, 0) is 23.5 Å². The molecule has 0 aliphatic carbocycles. The van der Waals surface area contributed by atoms with E-state index in [-0.39, 0.29) is 5.41 Å². The van der Waals surface area contributed by atoms with Crippen LogP contribution in [0, 0.1) is 5.41 Å². The Hall–Kier alpha value is -1.12. The predicted molar refractivity (Wildman–Crippen MR) is 58.6 cm³/mol. The molecule has 0 bridgehead atoms. The molecule has 84 valence electrons. The van der Waals surface area contributed by atoms with Crippen molar-refractivity contribution < 1.29 is 9.13 Å². The smallest absolute Gasteiger partial charge is 0.235 e. The third kappa shape index (κ3) is 4.77. The quantitative estimate of drug-likeness (QED) is 0.764. The van der Waals surface area contributed by atoms with Gasteiger partial charge in [0.25, 0.3) is 0 Å². The summed E-state index contributed by atoms with van der Waals surface area (Å²) in [4.78, 5) is 4.03. The molecule has 1 aromatic heterocycles.